The standard InChI is InChI=1S/C13H22N4O3S/c1-3-8-21(19,20)16(2)10-13(18)4-7-17(11-13)12-9-14-5-6-15-12/h5-6,9,18H,3-4,7-8,10-11H2,1-2H3/t13-/m0/s1. The summed E-state index contributed by atoms with van der Waals surface area (Å²) in [6, 6.07) is 0. The lowest BCUT2D eigenvalue weighted by Gasteiger charge is -2.28. The number of nitrogens with zero attached hydrogens (tertiary/aromatic N) is 4. The normalized spacial score (nSPS) is 23.0. The van der Waals surface area contributed by atoms with Gasteiger partial charge in [0.2, 0.25) is 10.0 Å². The monoisotopic (exact) mass is 314 g/mol. The van der Waals surface area contributed by atoms with Gasteiger partial charge in [0, 0.05) is 39.1 Å². The Bertz CT molecular complexity index is 566. The van der Waals surface area contributed by atoms with Crippen LogP contribution < -0.4 is 4.90 Å². The molecule has 1 saturated heterocycles. The van der Waals surface area contributed by atoms with Crippen molar-refractivity contribution in [3.8, 4) is 0 Å². The second-order valence-corrected chi connectivity index (χ2v) is 7.73. The predicted molar refractivity (Wildman–Crippen MR) is 80.5 cm³/mol. The number of aliphatic hydroxyl groups is 1. The number of aromatic nitrogens is 2. The maximum atomic E-state index is 12.0. The minimum Gasteiger partial charge on any atom is -0.387 e. The van der Waals surface area contributed by atoms with Crippen LogP contribution in [-0.2, 0) is 10.0 Å². The van der Waals surface area contributed by atoms with E-state index >= 15 is 0 Å². The summed E-state index contributed by atoms with van der Waals surface area (Å²) in [6.45, 7) is 2.92. The Hall–Kier alpha value is -1.25. The average Bonchev–Trinajstić information content (AvgIpc) is 2.82. The molecule has 0 spiro atoms. The van der Waals surface area contributed by atoms with E-state index in [-0.39, 0.29) is 12.3 Å². The summed E-state index contributed by atoms with van der Waals surface area (Å²) >= 11 is 0. The minimum atomic E-state index is -3.29. The first-order chi connectivity index (χ1) is 9.86. The molecule has 8 heteroatoms. The molecule has 1 aromatic heterocycles. The van der Waals surface area contributed by atoms with Gasteiger partial charge in [0.1, 0.15) is 5.82 Å². The molecule has 2 rings (SSSR count). The van der Waals surface area contributed by atoms with E-state index in [1.54, 1.807) is 18.6 Å². The fourth-order valence-electron chi connectivity index (χ4n) is 2.56. The van der Waals surface area contributed by atoms with Crippen LogP contribution in [-0.4, -0.2) is 65.8 Å². The number of anilines is 1. The zero-order valence-electron chi connectivity index (χ0n) is 12.4. The lowest BCUT2D eigenvalue weighted by atomic mass is 10.0. The van der Waals surface area contributed by atoms with Crippen LogP contribution in [0.25, 0.3) is 0 Å². The SMILES string of the molecule is CCCS(=O)(=O)N(C)C[C@@]1(O)CCN(c2cnccn2)C1. The quantitative estimate of drug-likeness (QED) is 0.801. The molecule has 0 aromatic carbocycles. The van der Waals surface area contributed by atoms with E-state index in [2.05, 4.69) is 9.97 Å². The molecular weight excluding hydrogens is 292 g/mol. The highest BCUT2D eigenvalue weighted by atomic mass is 32.2. The van der Waals surface area contributed by atoms with Crippen molar-refractivity contribution < 1.29 is 13.5 Å². The number of β-amino-alcohol motifs (C(OH)–C–C–N with tert-alkyl or cyclic N) is 1. The summed E-state index contributed by atoms with van der Waals surface area (Å²) in [5.74, 6) is 0.806. The Labute approximate surface area is 125 Å². The topological polar surface area (TPSA) is 86.6 Å². The number of likely N-dealkylation sites (N-methyl/N-ethyl adjacent to an activating group) is 1. The van der Waals surface area contributed by atoms with Crippen molar-refractivity contribution in [1.29, 1.82) is 0 Å². The third-order valence-corrected chi connectivity index (χ3v) is 5.66. The number of hydrogen-bond acceptors (Lipinski definition) is 6. The largest absolute Gasteiger partial charge is 0.387 e. The summed E-state index contributed by atoms with van der Waals surface area (Å²) < 4.78 is 25.2. The van der Waals surface area contributed by atoms with Gasteiger partial charge in [-0.25, -0.2) is 17.7 Å². The van der Waals surface area contributed by atoms with Gasteiger partial charge in [-0.15, -0.1) is 0 Å². The second kappa shape index (κ2) is 6.25. The Balaban J connectivity index is 2.02. The first kappa shape index (κ1) is 16.1. The Morgan fingerprint density at radius 3 is 2.86 bits per heavy atom. The molecule has 1 aromatic rings. The summed E-state index contributed by atoms with van der Waals surface area (Å²) in [6.07, 6.45) is 5.91. The van der Waals surface area contributed by atoms with Crippen molar-refractivity contribution in [3.63, 3.8) is 0 Å². The van der Waals surface area contributed by atoms with Gasteiger partial charge in [-0.3, -0.25) is 4.98 Å². The van der Waals surface area contributed by atoms with Gasteiger partial charge in [0.05, 0.1) is 17.6 Å². The molecule has 7 nitrogen and oxygen atoms in total. The molecule has 1 fully saturated rings. The van der Waals surface area contributed by atoms with Crippen molar-refractivity contribution in [3.05, 3.63) is 18.6 Å². The third kappa shape index (κ3) is 3.90. The third-order valence-electron chi connectivity index (χ3n) is 3.66. The minimum absolute atomic E-state index is 0.103. The van der Waals surface area contributed by atoms with Gasteiger partial charge >= 0.3 is 0 Å². The van der Waals surface area contributed by atoms with E-state index in [1.165, 1.54) is 11.4 Å². The van der Waals surface area contributed by atoms with Crippen molar-refractivity contribution in [1.82, 2.24) is 14.3 Å². The molecule has 0 bridgehead atoms. The average molecular weight is 314 g/mol. The van der Waals surface area contributed by atoms with Crippen molar-refractivity contribution in [2.45, 2.75) is 25.4 Å². The highest BCUT2D eigenvalue weighted by Crippen LogP contribution is 2.26. The van der Waals surface area contributed by atoms with Crippen LogP contribution in [0.4, 0.5) is 5.82 Å². The van der Waals surface area contributed by atoms with Crippen LogP contribution in [0.15, 0.2) is 18.6 Å². The molecular formula is C13H22N4O3S. The molecule has 0 radical (unpaired) electrons. The van der Waals surface area contributed by atoms with E-state index in [1.807, 2.05) is 11.8 Å². The van der Waals surface area contributed by atoms with Crippen LogP contribution >= 0.6 is 0 Å². The summed E-state index contributed by atoms with van der Waals surface area (Å²) in [5.41, 5.74) is -1.05. The molecule has 1 aliphatic rings. The van der Waals surface area contributed by atoms with Crippen LogP contribution in [0, 0.1) is 0 Å². The number of hydrogen-bond donors (Lipinski definition) is 1. The fraction of sp³-hybridized carbons (Fsp3) is 0.692. The Kier molecular flexibility index (Phi) is 4.80. The van der Waals surface area contributed by atoms with Crippen molar-refractivity contribution in [2.75, 3.05) is 37.3 Å². The van der Waals surface area contributed by atoms with Gasteiger partial charge in [-0.05, 0) is 12.8 Å². The van der Waals surface area contributed by atoms with Gasteiger partial charge in [0.15, 0.2) is 0 Å². The fourth-order valence-corrected chi connectivity index (χ4v) is 3.83. The Morgan fingerprint density at radius 1 is 1.48 bits per heavy atom. The van der Waals surface area contributed by atoms with E-state index in [0.717, 1.165) is 0 Å². The maximum absolute atomic E-state index is 12.0. The van der Waals surface area contributed by atoms with E-state index in [0.29, 0.717) is 31.7 Å². The molecule has 118 valence electrons. The van der Waals surface area contributed by atoms with Crippen LogP contribution in [0.1, 0.15) is 19.8 Å². The first-order valence-corrected chi connectivity index (χ1v) is 8.64. The smallest absolute Gasteiger partial charge is 0.213 e. The van der Waals surface area contributed by atoms with Crippen molar-refractivity contribution in [2.24, 2.45) is 0 Å². The maximum Gasteiger partial charge on any atom is 0.213 e. The van der Waals surface area contributed by atoms with Crippen LogP contribution in [0.5, 0.6) is 0 Å². The summed E-state index contributed by atoms with van der Waals surface area (Å²) in [5, 5.41) is 10.6. The molecule has 0 aliphatic carbocycles. The molecule has 0 amide bonds. The van der Waals surface area contributed by atoms with E-state index < -0.39 is 15.6 Å². The van der Waals surface area contributed by atoms with E-state index in [9.17, 15) is 13.5 Å². The number of rotatable bonds is 6. The molecule has 21 heavy (non-hydrogen) atoms. The molecule has 2 heterocycles. The van der Waals surface area contributed by atoms with Crippen molar-refractivity contribution >= 4 is 15.8 Å². The zero-order valence-corrected chi connectivity index (χ0v) is 13.3. The van der Waals surface area contributed by atoms with Gasteiger partial charge < -0.3 is 10.0 Å². The first-order valence-electron chi connectivity index (χ1n) is 7.04. The summed E-state index contributed by atoms with van der Waals surface area (Å²) in [7, 11) is -1.77. The van der Waals surface area contributed by atoms with Crippen LogP contribution in [0.2, 0.25) is 0 Å². The molecule has 1 aliphatic heterocycles. The number of sulfonamides is 1. The highest BCUT2D eigenvalue weighted by Gasteiger charge is 2.39. The molecule has 1 N–H and O–H groups in total. The van der Waals surface area contributed by atoms with Gasteiger partial charge in [-0.2, -0.15) is 0 Å². The van der Waals surface area contributed by atoms with Gasteiger partial charge in [0.25, 0.3) is 0 Å². The highest BCUT2D eigenvalue weighted by molar-refractivity contribution is 7.89. The Morgan fingerprint density at radius 2 is 2.24 bits per heavy atom. The molecule has 1 atom stereocenters. The lowest BCUT2D eigenvalue weighted by molar-refractivity contribution is 0.0479. The summed E-state index contributed by atoms with van der Waals surface area (Å²) in [4.78, 5) is 10.1. The molecule has 0 saturated carbocycles. The van der Waals surface area contributed by atoms with E-state index in [4.69, 9.17) is 0 Å². The molecule has 0 unspecified atom stereocenters. The van der Waals surface area contributed by atoms with Crippen LogP contribution in [0.3, 0.4) is 0 Å². The zero-order chi connectivity index (χ0) is 15.5. The second-order valence-electron chi connectivity index (χ2n) is 5.53. The predicted octanol–water partition coefficient (Wildman–Crippen LogP) is 0.0894. The lowest BCUT2D eigenvalue weighted by Crippen LogP contribution is -2.46. The van der Waals surface area contributed by atoms with Gasteiger partial charge in [-0.1, -0.05) is 6.92 Å².